The van der Waals surface area contributed by atoms with E-state index in [1.807, 2.05) is 39.4 Å². The van der Waals surface area contributed by atoms with Crippen molar-refractivity contribution in [2.75, 3.05) is 26.2 Å². The maximum atomic E-state index is 12.2. The lowest BCUT2D eigenvalue weighted by atomic mass is 10.1. The van der Waals surface area contributed by atoms with Crippen LogP contribution < -0.4 is 5.73 Å². The van der Waals surface area contributed by atoms with Crippen molar-refractivity contribution in [2.24, 2.45) is 12.8 Å². The topological polar surface area (TPSA) is 76.6 Å². The predicted octanol–water partition coefficient (Wildman–Crippen LogP) is 1.11. The van der Waals surface area contributed by atoms with Gasteiger partial charge in [0.15, 0.2) is 0 Å². The fourth-order valence-corrected chi connectivity index (χ4v) is 2.84. The van der Waals surface area contributed by atoms with Gasteiger partial charge in [0.25, 0.3) is 0 Å². The molecule has 1 fully saturated rings. The summed E-state index contributed by atoms with van der Waals surface area (Å²) >= 11 is 0. The van der Waals surface area contributed by atoms with Crippen molar-refractivity contribution >= 4 is 6.09 Å². The lowest BCUT2D eigenvalue weighted by molar-refractivity contribution is 0.00319. The van der Waals surface area contributed by atoms with Crippen molar-refractivity contribution in [1.29, 1.82) is 0 Å². The third-order valence-electron chi connectivity index (χ3n) is 3.99. The molecule has 1 saturated heterocycles. The monoisotopic (exact) mass is 323 g/mol. The van der Waals surface area contributed by atoms with Gasteiger partial charge in [-0.2, -0.15) is 5.10 Å². The van der Waals surface area contributed by atoms with E-state index in [-0.39, 0.29) is 12.1 Å². The van der Waals surface area contributed by atoms with Gasteiger partial charge in [0.1, 0.15) is 5.60 Å². The molecule has 1 aliphatic heterocycles. The molecule has 1 aliphatic rings. The van der Waals surface area contributed by atoms with Crippen molar-refractivity contribution in [3.8, 4) is 0 Å². The lowest BCUT2D eigenvalue weighted by Crippen LogP contribution is -2.57. The number of nitrogens with zero attached hydrogens (tertiary/aromatic N) is 4. The van der Waals surface area contributed by atoms with E-state index < -0.39 is 5.60 Å². The Kier molecular flexibility index (Phi) is 5.31. The average Bonchev–Trinajstić information content (AvgIpc) is 2.75. The number of aryl methyl sites for hydroxylation is 2. The van der Waals surface area contributed by atoms with E-state index in [9.17, 15) is 4.79 Å². The zero-order chi connectivity index (χ0) is 17.2. The van der Waals surface area contributed by atoms with Gasteiger partial charge in [-0.3, -0.25) is 9.58 Å². The van der Waals surface area contributed by atoms with Crippen LogP contribution in [0, 0.1) is 6.92 Å². The van der Waals surface area contributed by atoms with Gasteiger partial charge in [0.2, 0.25) is 0 Å². The molecule has 7 nitrogen and oxygen atoms in total. The molecule has 7 heteroatoms. The minimum Gasteiger partial charge on any atom is -0.444 e. The molecular weight excluding hydrogens is 294 g/mol. The second-order valence-electron chi connectivity index (χ2n) is 7.19. The Morgan fingerprint density at radius 2 is 2.13 bits per heavy atom. The normalized spacial score (nSPS) is 19.9. The van der Waals surface area contributed by atoms with Gasteiger partial charge in [-0.05, 0) is 33.8 Å². The number of hydrogen-bond donors (Lipinski definition) is 1. The van der Waals surface area contributed by atoms with E-state index in [1.165, 1.54) is 0 Å². The summed E-state index contributed by atoms with van der Waals surface area (Å²) in [7, 11) is 1.96. The van der Waals surface area contributed by atoms with E-state index >= 15 is 0 Å². The number of nitrogens with two attached hydrogens (primary N) is 1. The molecule has 0 aliphatic carbocycles. The minimum atomic E-state index is -0.474. The number of aromatic nitrogens is 2. The van der Waals surface area contributed by atoms with Gasteiger partial charge >= 0.3 is 6.09 Å². The van der Waals surface area contributed by atoms with Gasteiger partial charge in [0.05, 0.1) is 11.4 Å². The summed E-state index contributed by atoms with van der Waals surface area (Å²) in [6.07, 6.45) is -0.257. The van der Waals surface area contributed by atoms with E-state index in [0.717, 1.165) is 24.5 Å². The summed E-state index contributed by atoms with van der Waals surface area (Å²) in [5, 5.41) is 4.39. The third kappa shape index (κ3) is 4.68. The number of carbonyl (C=O) groups excluding carboxylic acids is 1. The third-order valence-corrected chi connectivity index (χ3v) is 3.99. The Hall–Kier alpha value is -1.60. The second kappa shape index (κ2) is 6.88. The highest BCUT2D eigenvalue weighted by molar-refractivity contribution is 5.68. The molecule has 1 aromatic rings. The highest BCUT2D eigenvalue weighted by atomic mass is 16.6. The van der Waals surface area contributed by atoms with E-state index in [2.05, 4.69) is 16.1 Å². The van der Waals surface area contributed by atoms with Crippen LogP contribution in [0.5, 0.6) is 0 Å². The Bertz CT molecular complexity index is 549. The van der Waals surface area contributed by atoms with Gasteiger partial charge in [-0.25, -0.2) is 4.79 Å². The molecule has 23 heavy (non-hydrogen) atoms. The predicted molar refractivity (Wildman–Crippen MR) is 89.0 cm³/mol. The molecule has 1 unspecified atom stereocenters. The fourth-order valence-electron chi connectivity index (χ4n) is 2.84. The Morgan fingerprint density at radius 3 is 2.65 bits per heavy atom. The number of rotatable bonds is 3. The molecule has 1 amide bonds. The standard InChI is InChI=1S/C16H29N5O2/c1-12-8-13(19(5)18-12)10-20-6-7-21(11-14(20)9-17)15(22)23-16(2,3)4/h8,14H,6-7,9-11,17H2,1-5H3. The first kappa shape index (κ1) is 17.7. The first-order valence-electron chi connectivity index (χ1n) is 8.11. The molecule has 1 atom stereocenters. The zero-order valence-corrected chi connectivity index (χ0v) is 14.9. The van der Waals surface area contributed by atoms with Crippen molar-refractivity contribution in [3.63, 3.8) is 0 Å². The average molecular weight is 323 g/mol. The number of ether oxygens (including phenoxy) is 1. The van der Waals surface area contributed by atoms with Crippen LogP contribution in [0.25, 0.3) is 0 Å². The summed E-state index contributed by atoms with van der Waals surface area (Å²) in [6.45, 7) is 11.0. The van der Waals surface area contributed by atoms with Crippen LogP contribution in [0.3, 0.4) is 0 Å². The summed E-state index contributed by atoms with van der Waals surface area (Å²) in [6, 6.07) is 2.22. The van der Waals surface area contributed by atoms with E-state index in [4.69, 9.17) is 10.5 Å². The first-order chi connectivity index (χ1) is 10.7. The maximum absolute atomic E-state index is 12.2. The maximum Gasteiger partial charge on any atom is 0.410 e. The summed E-state index contributed by atoms with van der Waals surface area (Å²) in [5.41, 5.74) is 7.64. The molecule has 1 aromatic heterocycles. The van der Waals surface area contributed by atoms with E-state index in [1.54, 1.807) is 4.90 Å². The number of hydrogen-bond acceptors (Lipinski definition) is 5. The van der Waals surface area contributed by atoms with Crippen LogP contribution in [0.2, 0.25) is 0 Å². The van der Waals surface area contributed by atoms with Crippen LogP contribution in [-0.2, 0) is 18.3 Å². The highest BCUT2D eigenvalue weighted by Crippen LogP contribution is 2.17. The van der Waals surface area contributed by atoms with Crippen LogP contribution in [0.15, 0.2) is 6.07 Å². The van der Waals surface area contributed by atoms with Crippen LogP contribution in [-0.4, -0.2) is 63.5 Å². The van der Waals surface area contributed by atoms with Gasteiger partial charge in [-0.15, -0.1) is 0 Å². The molecule has 2 heterocycles. The number of carbonyl (C=O) groups is 1. The Labute approximate surface area is 138 Å². The first-order valence-corrected chi connectivity index (χ1v) is 8.11. The Balaban J connectivity index is 1.99. The number of piperazine rings is 1. The van der Waals surface area contributed by atoms with Crippen LogP contribution in [0.1, 0.15) is 32.2 Å². The molecule has 0 saturated carbocycles. The molecule has 0 bridgehead atoms. The van der Waals surface area contributed by atoms with Crippen molar-refractivity contribution in [1.82, 2.24) is 19.6 Å². The van der Waals surface area contributed by atoms with Crippen LogP contribution in [0.4, 0.5) is 4.79 Å². The summed E-state index contributed by atoms with van der Waals surface area (Å²) in [4.78, 5) is 16.3. The van der Waals surface area contributed by atoms with Gasteiger partial charge < -0.3 is 15.4 Å². The molecule has 2 N–H and O–H groups in total. The summed E-state index contributed by atoms with van der Waals surface area (Å²) in [5.74, 6) is 0. The van der Waals surface area contributed by atoms with Gasteiger partial charge in [-0.1, -0.05) is 0 Å². The lowest BCUT2D eigenvalue weighted by Gasteiger charge is -2.41. The van der Waals surface area contributed by atoms with Crippen molar-refractivity contribution in [3.05, 3.63) is 17.5 Å². The molecule has 0 aromatic carbocycles. The molecular formula is C16H29N5O2. The molecule has 2 rings (SSSR count). The second-order valence-corrected chi connectivity index (χ2v) is 7.19. The Morgan fingerprint density at radius 1 is 1.43 bits per heavy atom. The molecule has 130 valence electrons. The molecule has 0 radical (unpaired) electrons. The van der Waals surface area contributed by atoms with Gasteiger partial charge in [0, 0.05) is 45.8 Å². The quantitative estimate of drug-likeness (QED) is 0.902. The van der Waals surface area contributed by atoms with Crippen molar-refractivity contribution < 1.29 is 9.53 Å². The van der Waals surface area contributed by atoms with Crippen molar-refractivity contribution in [2.45, 2.75) is 45.9 Å². The fraction of sp³-hybridized carbons (Fsp3) is 0.750. The highest BCUT2D eigenvalue weighted by Gasteiger charge is 2.31. The smallest absolute Gasteiger partial charge is 0.410 e. The number of amides is 1. The zero-order valence-electron chi connectivity index (χ0n) is 14.9. The largest absolute Gasteiger partial charge is 0.444 e. The minimum absolute atomic E-state index is 0.131. The SMILES string of the molecule is Cc1cc(CN2CCN(C(=O)OC(C)(C)C)CC2CN)n(C)n1. The molecule has 0 spiro atoms. The summed E-state index contributed by atoms with van der Waals surface area (Å²) < 4.78 is 7.37. The van der Waals surface area contributed by atoms with E-state index in [0.29, 0.717) is 19.6 Å². The van der Waals surface area contributed by atoms with Crippen LogP contribution >= 0.6 is 0 Å².